The SMILES string of the molecule is Cc1ccc(OC(=O)N=S(=O)=O)cc1.Cc1ccc(S(=O)(=O)O)cc1. The summed E-state index contributed by atoms with van der Waals surface area (Å²) in [5, 5.41) is 0. The summed E-state index contributed by atoms with van der Waals surface area (Å²) in [5.41, 5.74) is 1.96. The van der Waals surface area contributed by atoms with Gasteiger partial charge in [0, 0.05) is 0 Å². The van der Waals surface area contributed by atoms with Gasteiger partial charge in [0.2, 0.25) is 0 Å². The monoisotopic (exact) mass is 385 g/mol. The maximum absolute atomic E-state index is 10.7. The number of ether oxygens (including phenoxy) is 1. The number of amides is 1. The minimum Gasteiger partial charge on any atom is -0.408 e. The molecule has 2 aromatic carbocycles. The molecule has 0 spiro atoms. The molecule has 1 amide bonds. The van der Waals surface area contributed by atoms with E-state index in [1.165, 1.54) is 12.1 Å². The summed E-state index contributed by atoms with van der Waals surface area (Å²) in [7, 11) is -6.79. The largest absolute Gasteiger partial charge is 0.454 e. The van der Waals surface area contributed by atoms with Crippen molar-refractivity contribution in [1.29, 1.82) is 0 Å². The second-order valence-electron chi connectivity index (χ2n) is 4.78. The number of benzene rings is 2. The first-order chi connectivity index (χ1) is 11.6. The topological polar surface area (TPSA) is 127 Å². The number of nitrogens with zero attached hydrogens (tertiary/aromatic N) is 1. The molecule has 2 rings (SSSR count). The van der Waals surface area contributed by atoms with Crippen LogP contribution in [0.3, 0.4) is 0 Å². The molecule has 0 aliphatic heterocycles. The predicted octanol–water partition coefficient (Wildman–Crippen LogP) is 2.80. The highest BCUT2D eigenvalue weighted by molar-refractivity contribution is 7.85. The number of hydrogen-bond donors (Lipinski definition) is 1. The first kappa shape index (κ1) is 20.5. The predicted molar refractivity (Wildman–Crippen MR) is 89.5 cm³/mol. The molecule has 0 heterocycles. The number of carbonyl (C=O) groups excluding carboxylic acids is 1. The first-order valence-corrected chi connectivity index (χ1v) is 9.19. The van der Waals surface area contributed by atoms with Gasteiger partial charge in [-0.1, -0.05) is 39.8 Å². The molecule has 0 bridgehead atoms. The third kappa shape index (κ3) is 8.20. The highest BCUT2D eigenvalue weighted by Crippen LogP contribution is 2.11. The average Bonchev–Trinajstić information content (AvgIpc) is 2.49. The van der Waals surface area contributed by atoms with Crippen LogP contribution in [0.15, 0.2) is 57.8 Å². The maximum atomic E-state index is 10.7. The van der Waals surface area contributed by atoms with Gasteiger partial charge >= 0.3 is 16.6 Å². The van der Waals surface area contributed by atoms with Crippen molar-refractivity contribution in [3.63, 3.8) is 0 Å². The smallest absolute Gasteiger partial charge is 0.408 e. The zero-order valence-corrected chi connectivity index (χ0v) is 14.9. The van der Waals surface area contributed by atoms with E-state index in [1.54, 1.807) is 36.4 Å². The zero-order chi connectivity index (χ0) is 19.0. The lowest BCUT2D eigenvalue weighted by Gasteiger charge is -1.98. The third-order valence-electron chi connectivity index (χ3n) is 2.69. The Morgan fingerprint density at radius 2 is 1.40 bits per heavy atom. The fourth-order valence-electron chi connectivity index (χ4n) is 1.50. The van der Waals surface area contributed by atoms with Crippen LogP contribution in [-0.2, 0) is 20.6 Å². The van der Waals surface area contributed by atoms with Gasteiger partial charge in [0.15, 0.2) is 0 Å². The van der Waals surface area contributed by atoms with Crippen molar-refractivity contribution in [2.45, 2.75) is 18.7 Å². The Morgan fingerprint density at radius 1 is 0.960 bits per heavy atom. The molecule has 0 radical (unpaired) electrons. The average molecular weight is 385 g/mol. The molecule has 2 aromatic rings. The molecule has 0 fully saturated rings. The standard InChI is InChI=1S/C8H7NO4S.C7H8O3S/c1-6-2-4-7(5-3-6)13-8(10)9-14(11)12;1-6-2-4-7(5-3-6)11(8,9)10/h2-5H,1H3;2-5H,1H3,(H,8,9,10). The molecule has 0 saturated heterocycles. The molecule has 134 valence electrons. The Kier molecular flexibility index (Phi) is 7.43. The van der Waals surface area contributed by atoms with Crippen LogP contribution in [0.5, 0.6) is 5.75 Å². The summed E-state index contributed by atoms with van der Waals surface area (Å²) in [5.74, 6) is 0.259. The number of hydrogen-bond acceptors (Lipinski definition) is 6. The first-order valence-electron chi connectivity index (χ1n) is 6.71. The zero-order valence-electron chi connectivity index (χ0n) is 13.3. The van der Waals surface area contributed by atoms with E-state index in [9.17, 15) is 21.6 Å². The van der Waals surface area contributed by atoms with Gasteiger partial charge in [-0.3, -0.25) is 4.55 Å². The number of aryl methyl sites for hydroxylation is 2. The van der Waals surface area contributed by atoms with E-state index < -0.39 is 26.7 Å². The minimum absolute atomic E-state index is 0.0666. The van der Waals surface area contributed by atoms with Crippen molar-refractivity contribution in [1.82, 2.24) is 0 Å². The summed E-state index contributed by atoms with van der Waals surface area (Å²) in [6.45, 7) is 3.72. The molecule has 10 heteroatoms. The van der Waals surface area contributed by atoms with Crippen LogP contribution < -0.4 is 4.74 Å². The second kappa shape index (κ2) is 9.06. The number of rotatable bonds is 2. The minimum atomic E-state index is -4.02. The van der Waals surface area contributed by atoms with Gasteiger partial charge in [-0.25, -0.2) is 4.79 Å². The molecule has 0 unspecified atom stereocenters. The van der Waals surface area contributed by atoms with Crippen LogP contribution in [-0.4, -0.2) is 27.5 Å². The van der Waals surface area contributed by atoms with E-state index in [-0.39, 0.29) is 10.6 Å². The van der Waals surface area contributed by atoms with E-state index >= 15 is 0 Å². The molecule has 25 heavy (non-hydrogen) atoms. The summed E-state index contributed by atoms with van der Waals surface area (Å²) in [6, 6.07) is 12.6. The fraction of sp³-hybridized carbons (Fsp3) is 0.133. The maximum Gasteiger partial charge on any atom is 0.454 e. The highest BCUT2D eigenvalue weighted by atomic mass is 32.2. The Balaban J connectivity index is 0.000000257. The van der Waals surface area contributed by atoms with Crippen LogP contribution in [0.1, 0.15) is 11.1 Å². The van der Waals surface area contributed by atoms with Crippen LogP contribution in [0.2, 0.25) is 0 Å². The van der Waals surface area contributed by atoms with E-state index in [0.717, 1.165) is 11.1 Å². The lowest BCUT2D eigenvalue weighted by Crippen LogP contribution is -2.01. The molecule has 0 aliphatic carbocycles. The third-order valence-corrected chi connectivity index (χ3v) is 3.86. The molecule has 8 nitrogen and oxygen atoms in total. The van der Waals surface area contributed by atoms with E-state index in [1.807, 2.05) is 13.8 Å². The van der Waals surface area contributed by atoms with Crippen LogP contribution in [0.25, 0.3) is 0 Å². The quantitative estimate of drug-likeness (QED) is 0.787. The van der Waals surface area contributed by atoms with Gasteiger partial charge in [0.05, 0.1) is 4.90 Å². The highest BCUT2D eigenvalue weighted by Gasteiger charge is 2.06. The van der Waals surface area contributed by atoms with Crippen molar-refractivity contribution < 1.29 is 30.9 Å². The molecule has 1 N–H and O–H groups in total. The summed E-state index contributed by atoms with van der Waals surface area (Å²) in [6.07, 6.45) is -1.15. The van der Waals surface area contributed by atoms with Gasteiger partial charge in [-0.05, 0) is 38.1 Å². The lowest BCUT2D eigenvalue weighted by atomic mass is 10.2. The summed E-state index contributed by atoms with van der Waals surface area (Å²) < 4.78 is 56.8. The van der Waals surface area contributed by atoms with E-state index in [4.69, 9.17) is 4.55 Å². The molecule has 0 atom stereocenters. The van der Waals surface area contributed by atoms with Gasteiger partial charge < -0.3 is 4.74 Å². The number of carbonyl (C=O) groups is 1. The van der Waals surface area contributed by atoms with Crippen molar-refractivity contribution in [3.8, 4) is 5.75 Å². The van der Waals surface area contributed by atoms with Crippen LogP contribution in [0, 0.1) is 13.8 Å². The lowest BCUT2D eigenvalue weighted by molar-refractivity contribution is 0.212. The molecule has 0 aromatic heterocycles. The van der Waals surface area contributed by atoms with Gasteiger partial charge in [-0.15, -0.1) is 0 Å². The summed E-state index contributed by atoms with van der Waals surface area (Å²) >= 11 is 0. The van der Waals surface area contributed by atoms with Gasteiger partial charge in [0.25, 0.3) is 10.1 Å². The van der Waals surface area contributed by atoms with E-state index in [0.29, 0.717) is 0 Å². The Labute approximate surface area is 146 Å². The summed E-state index contributed by atoms with van der Waals surface area (Å²) in [4.78, 5) is 10.7. The van der Waals surface area contributed by atoms with Crippen LogP contribution >= 0.6 is 0 Å². The molecular formula is C15H15NO7S2. The Hall–Kier alpha value is -2.56. The van der Waals surface area contributed by atoms with Crippen molar-refractivity contribution in [3.05, 3.63) is 59.7 Å². The molecule has 0 aliphatic rings. The molecule has 0 saturated carbocycles. The van der Waals surface area contributed by atoms with Gasteiger partial charge in [0.1, 0.15) is 5.75 Å². The van der Waals surface area contributed by atoms with Crippen molar-refractivity contribution in [2.75, 3.05) is 0 Å². The van der Waals surface area contributed by atoms with Crippen molar-refractivity contribution >= 4 is 26.7 Å². The Bertz CT molecular complexity index is 954. The second-order valence-corrected chi connectivity index (χ2v) is 6.82. The fourth-order valence-corrected chi connectivity index (χ4v) is 2.14. The van der Waals surface area contributed by atoms with E-state index in [2.05, 4.69) is 9.10 Å². The van der Waals surface area contributed by atoms with Crippen molar-refractivity contribution in [2.24, 2.45) is 4.36 Å². The Morgan fingerprint density at radius 3 is 1.80 bits per heavy atom. The normalized spacial score (nSPS) is 10.2. The molecular weight excluding hydrogens is 370 g/mol. The van der Waals surface area contributed by atoms with Gasteiger partial charge in [-0.2, -0.15) is 16.8 Å². The van der Waals surface area contributed by atoms with Crippen LogP contribution in [0.4, 0.5) is 4.79 Å².